The maximum atomic E-state index is 11.3. The Morgan fingerprint density at radius 3 is 2.86 bits per heavy atom. The number of amides is 1. The summed E-state index contributed by atoms with van der Waals surface area (Å²) < 4.78 is 10.7. The number of carbonyl (C=O) groups excluding carboxylic acids is 1. The van der Waals surface area contributed by atoms with E-state index in [1.165, 1.54) is 16.8 Å². The first-order chi connectivity index (χ1) is 10.6. The number of hydrogen-bond donors (Lipinski definition) is 2. The van der Waals surface area contributed by atoms with Crippen LogP contribution >= 0.6 is 11.8 Å². The van der Waals surface area contributed by atoms with Crippen LogP contribution in [0.15, 0.2) is 41.3 Å². The molecule has 0 fully saturated rings. The van der Waals surface area contributed by atoms with E-state index in [1.54, 1.807) is 18.2 Å². The van der Waals surface area contributed by atoms with Crippen molar-refractivity contribution in [2.75, 3.05) is 11.9 Å². The average molecular weight is 316 g/mol. The van der Waals surface area contributed by atoms with Crippen LogP contribution in [0.25, 0.3) is 0 Å². The summed E-state index contributed by atoms with van der Waals surface area (Å²) >= 11 is 1.45. The summed E-state index contributed by atoms with van der Waals surface area (Å²) in [5.41, 5.74) is 7.25. The Balaban J connectivity index is 1.69. The quantitative estimate of drug-likeness (QED) is 0.885. The largest absolute Gasteiger partial charge is 0.454 e. The Morgan fingerprint density at radius 2 is 2.05 bits per heavy atom. The van der Waals surface area contributed by atoms with Crippen molar-refractivity contribution in [3.63, 3.8) is 0 Å². The van der Waals surface area contributed by atoms with Crippen molar-refractivity contribution in [2.24, 2.45) is 5.73 Å². The second-order valence-electron chi connectivity index (χ2n) is 4.97. The molecule has 3 N–H and O–H groups in total. The Bertz CT molecular complexity index is 780. The summed E-state index contributed by atoms with van der Waals surface area (Å²) in [4.78, 5) is 12.1. The highest BCUT2D eigenvalue weighted by atomic mass is 32.2. The number of primary amides is 1. The third-order valence-electron chi connectivity index (χ3n) is 3.63. The Kier molecular flexibility index (Phi) is 2.91. The fraction of sp³-hybridized carbons (Fsp3) is 0.133. The van der Waals surface area contributed by atoms with Crippen LogP contribution in [0.4, 0.5) is 5.69 Å². The lowest BCUT2D eigenvalue weighted by atomic mass is 10.1. The molecular weight excluding hydrogens is 304 g/mol. The van der Waals surface area contributed by atoms with Crippen molar-refractivity contribution < 1.29 is 19.5 Å². The monoisotopic (exact) mass is 316 g/mol. The highest BCUT2D eigenvalue weighted by Gasteiger charge is 2.32. The number of anilines is 1. The minimum absolute atomic E-state index is 0.210. The molecular formula is C15H12N2O4S. The van der Waals surface area contributed by atoms with E-state index in [0.29, 0.717) is 22.7 Å². The number of nitrogens with two attached hydrogens (primary N) is 1. The summed E-state index contributed by atoms with van der Waals surface area (Å²) in [6.07, 6.45) is 0. The molecule has 0 aromatic heterocycles. The molecule has 0 saturated carbocycles. The van der Waals surface area contributed by atoms with Gasteiger partial charge >= 0.3 is 0 Å². The highest BCUT2D eigenvalue weighted by molar-refractivity contribution is 8.00. The molecule has 0 bridgehead atoms. The maximum Gasteiger partial charge on any atom is 0.248 e. The second-order valence-corrected chi connectivity index (χ2v) is 6.10. The van der Waals surface area contributed by atoms with Gasteiger partial charge in [-0.1, -0.05) is 17.8 Å². The molecule has 2 aliphatic rings. The molecule has 0 aliphatic carbocycles. The normalized spacial score (nSPS) is 18.4. The van der Waals surface area contributed by atoms with E-state index in [2.05, 4.69) is 0 Å². The summed E-state index contributed by atoms with van der Waals surface area (Å²) in [6.45, 7) is 0.210. The first-order valence-corrected chi connectivity index (χ1v) is 7.49. The summed E-state index contributed by atoms with van der Waals surface area (Å²) in [6, 6.07) is 10.5. The fourth-order valence-corrected chi connectivity index (χ4v) is 3.74. The first-order valence-electron chi connectivity index (χ1n) is 6.61. The molecule has 0 radical (unpaired) electrons. The lowest BCUT2D eigenvalue weighted by Gasteiger charge is -2.19. The molecule has 22 heavy (non-hydrogen) atoms. The SMILES string of the molecule is NC(=O)c1ccc2c(c1)SC(c1ccc3c(c1)OCO3)N2O. The third-order valence-corrected chi connectivity index (χ3v) is 4.91. The number of hydrogen-bond acceptors (Lipinski definition) is 6. The number of ether oxygens (including phenoxy) is 2. The van der Waals surface area contributed by atoms with Gasteiger partial charge in [-0.15, -0.1) is 0 Å². The number of carbonyl (C=O) groups is 1. The van der Waals surface area contributed by atoms with Crippen molar-refractivity contribution >= 4 is 23.4 Å². The van der Waals surface area contributed by atoms with Crippen molar-refractivity contribution in [3.05, 3.63) is 47.5 Å². The molecule has 1 atom stereocenters. The van der Waals surface area contributed by atoms with Crippen LogP contribution in [-0.4, -0.2) is 17.9 Å². The highest BCUT2D eigenvalue weighted by Crippen LogP contribution is 2.51. The Morgan fingerprint density at radius 1 is 1.23 bits per heavy atom. The summed E-state index contributed by atoms with van der Waals surface area (Å²) in [5, 5.41) is 11.3. The smallest absolute Gasteiger partial charge is 0.248 e. The van der Waals surface area contributed by atoms with Gasteiger partial charge in [0.05, 0.1) is 5.69 Å². The number of rotatable bonds is 2. The minimum atomic E-state index is -0.487. The molecule has 2 aliphatic heterocycles. The zero-order valence-electron chi connectivity index (χ0n) is 11.4. The Hall–Kier alpha value is -2.38. The van der Waals surface area contributed by atoms with E-state index in [9.17, 15) is 10.0 Å². The predicted octanol–water partition coefficient (Wildman–Crippen LogP) is 2.51. The van der Waals surface area contributed by atoms with Crippen molar-refractivity contribution in [3.8, 4) is 11.5 Å². The van der Waals surface area contributed by atoms with Gasteiger partial charge in [0.1, 0.15) is 5.37 Å². The van der Waals surface area contributed by atoms with E-state index >= 15 is 0 Å². The molecule has 2 heterocycles. The molecule has 1 amide bonds. The van der Waals surface area contributed by atoms with Gasteiger partial charge in [-0.2, -0.15) is 0 Å². The van der Waals surface area contributed by atoms with E-state index < -0.39 is 5.91 Å². The van der Waals surface area contributed by atoms with Gasteiger partial charge in [-0.3, -0.25) is 10.0 Å². The molecule has 2 aromatic carbocycles. The number of fused-ring (bicyclic) bond motifs is 2. The fourth-order valence-electron chi connectivity index (χ4n) is 2.52. The van der Waals surface area contributed by atoms with E-state index in [0.717, 1.165) is 10.5 Å². The van der Waals surface area contributed by atoms with Crippen LogP contribution in [-0.2, 0) is 0 Å². The first kappa shape index (κ1) is 13.3. The van der Waals surface area contributed by atoms with Crippen LogP contribution in [0.2, 0.25) is 0 Å². The average Bonchev–Trinajstić information content (AvgIpc) is 3.10. The molecule has 1 unspecified atom stereocenters. The molecule has 2 aromatic rings. The van der Waals surface area contributed by atoms with Gasteiger partial charge in [0.2, 0.25) is 12.7 Å². The molecule has 112 valence electrons. The van der Waals surface area contributed by atoms with Gasteiger partial charge in [0, 0.05) is 10.5 Å². The van der Waals surface area contributed by atoms with Crippen molar-refractivity contribution in [1.82, 2.24) is 0 Å². The minimum Gasteiger partial charge on any atom is -0.454 e. The lowest BCUT2D eigenvalue weighted by molar-refractivity contribution is 0.1000. The van der Waals surface area contributed by atoms with Crippen LogP contribution in [0.5, 0.6) is 11.5 Å². The van der Waals surface area contributed by atoms with E-state index in [4.69, 9.17) is 15.2 Å². The van der Waals surface area contributed by atoms with Gasteiger partial charge in [0.15, 0.2) is 11.5 Å². The van der Waals surface area contributed by atoms with Crippen molar-refractivity contribution in [1.29, 1.82) is 0 Å². The summed E-state index contributed by atoms with van der Waals surface area (Å²) in [5.74, 6) is 0.879. The van der Waals surface area contributed by atoms with Crippen molar-refractivity contribution in [2.45, 2.75) is 10.3 Å². The van der Waals surface area contributed by atoms with Crippen LogP contribution in [0.1, 0.15) is 21.3 Å². The number of nitrogens with zero attached hydrogens (tertiary/aromatic N) is 1. The number of benzene rings is 2. The predicted molar refractivity (Wildman–Crippen MR) is 80.4 cm³/mol. The van der Waals surface area contributed by atoms with E-state index in [1.807, 2.05) is 18.2 Å². The zero-order valence-corrected chi connectivity index (χ0v) is 12.2. The van der Waals surface area contributed by atoms with Crippen LogP contribution in [0, 0.1) is 0 Å². The number of hydroxylamine groups is 1. The van der Waals surface area contributed by atoms with E-state index in [-0.39, 0.29) is 12.2 Å². The van der Waals surface area contributed by atoms with Gasteiger partial charge < -0.3 is 15.2 Å². The standard InChI is InChI=1S/C15H12N2O4S/c16-14(18)8-1-3-10-13(6-8)22-15(17(10)19)9-2-4-11-12(5-9)21-7-20-11/h1-6,15,19H,7H2,(H2,16,18). The zero-order chi connectivity index (χ0) is 15.3. The van der Waals surface area contributed by atoms with Crippen LogP contribution in [0.3, 0.4) is 0 Å². The Labute approximate surface area is 130 Å². The molecule has 6 nitrogen and oxygen atoms in total. The van der Waals surface area contributed by atoms with Gasteiger partial charge in [0.25, 0.3) is 0 Å². The molecule has 0 spiro atoms. The summed E-state index contributed by atoms with van der Waals surface area (Å²) in [7, 11) is 0. The molecule has 0 saturated heterocycles. The second kappa shape index (κ2) is 4.82. The molecule has 7 heteroatoms. The maximum absolute atomic E-state index is 11.3. The van der Waals surface area contributed by atoms with Gasteiger partial charge in [-0.25, -0.2) is 5.06 Å². The lowest BCUT2D eigenvalue weighted by Crippen LogP contribution is -2.18. The third kappa shape index (κ3) is 1.98. The van der Waals surface area contributed by atoms with Gasteiger partial charge in [-0.05, 0) is 35.9 Å². The van der Waals surface area contributed by atoms with Crippen LogP contribution < -0.4 is 20.3 Å². The number of thioether (sulfide) groups is 1. The topological polar surface area (TPSA) is 85.0 Å². The molecule has 4 rings (SSSR count).